The monoisotopic (exact) mass is 526 g/mol. The number of aromatic nitrogens is 2. The Morgan fingerprint density at radius 3 is 2.63 bits per heavy atom. The van der Waals surface area contributed by atoms with Crippen molar-refractivity contribution in [3.63, 3.8) is 0 Å². The van der Waals surface area contributed by atoms with Crippen LogP contribution in [0.5, 0.6) is 0 Å². The molecule has 7 nitrogen and oxygen atoms in total. The summed E-state index contributed by atoms with van der Waals surface area (Å²) in [7, 11) is 0. The molecule has 1 spiro atoms. The van der Waals surface area contributed by atoms with Crippen molar-refractivity contribution in [3.05, 3.63) is 58.5 Å². The molecule has 200 valence electrons. The zero-order valence-electron chi connectivity index (χ0n) is 21.2. The molecule has 2 aliphatic heterocycles. The number of benzene rings is 2. The molecule has 0 radical (unpaired) electrons. The van der Waals surface area contributed by atoms with E-state index in [1.807, 2.05) is 24.0 Å². The predicted octanol–water partition coefficient (Wildman–Crippen LogP) is 4.89. The highest BCUT2D eigenvalue weighted by molar-refractivity contribution is 6.12. The molecule has 2 N–H and O–H groups in total. The number of nitrogens with zero attached hydrogens (tertiary/aromatic N) is 3. The van der Waals surface area contributed by atoms with Gasteiger partial charge >= 0.3 is 0 Å². The first kappa shape index (κ1) is 25.1. The second kappa shape index (κ2) is 8.91. The Bertz CT molecular complexity index is 1440. The Hall–Kier alpha value is -3.24. The number of amides is 1. The van der Waals surface area contributed by atoms with Crippen LogP contribution < -0.4 is 10.2 Å². The van der Waals surface area contributed by atoms with Crippen LogP contribution in [-0.4, -0.2) is 47.1 Å². The maximum absolute atomic E-state index is 15.1. The quantitative estimate of drug-likeness (QED) is 0.476. The second-order valence-electron chi connectivity index (χ2n) is 10.6. The number of rotatable bonds is 6. The van der Waals surface area contributed by atoms with Crippen molar-refractivity contribution in [2.24, 2.45) is 0 Å². The van der Waals surface area contributed by atoms with E-state index in [1.54, 1.807) is 6.92 Å². The van der Waals surface area contributed by atoms with Gasteiger partial charge in [-0.15, -0.1) is 5.10 Å². The molecule has 6 rings (SSSR count). The third kappa shape index (κ3) is 3.76. The van der Waals surface area contributed by atoms with Gasteiger partial charge in [-0.1, -0.05) is 12.1 Å². The molecule has 1 saturated carbocycles. The molecule has 2 fully saturated rings. The van der Waals surface area contributed by atoms with Crippen LogP contribution in [0.2, 0.25) is 0 Å². The molecule has 2 aromatic carbocycles. The highest BCUT2D eigenvalue weighted by atomic mass is 19.3. The topological polar surface area (TPSA) is 87.6 Å². The first-order valence-corrected chi connectivity index (χ1v) is 12.9. The summed E-state index contributed by atoms with van der Waals surface area (Å²) in [5.74, 6) is -4.28. The Morgan fingerprint density at radius 2 is 1.95 bits per heavy atom. The van der Waals surface area contributed by atoms with Gasteiger partial charge in [-0.2, -0.15) is 13.9 Å². The van der Waals surface area contributed by atoms with Crippen LogP contribution in [0.4, 0.5) is 24.7 Å². The van der Waals surface area contributed by atoms with Gasteiger partial charge in [0.2, 0.25) is 5.91 Å². The van der Waals surface area contributed by atoms with E-state index in [9.17, 15) is 13.6 Å². The summed E-state index contributed by atoms with van der Waals surface area (Å²) in [5.41, 5.74) is 1.10. The molecule has 0 unspecified atom stereocenters. The number of hydrogen-bond acceptors (Lipinski definition) is 6. The van der Waals surface area contributed by atoms with Crippen LogP contribution in [0.3, 0.4) is 0 Å². The summed E-state index contributed by atoms with van der Waals surface area (Å²) in [6, 6.07) is 7.19. The van der Waals surface area contributed by atoms with Gasteiger partial charge in [0.05, 0.1) is 22.7 Å². The fourth-order valence-electron chi connectivity index (χ4n) is 5.89. The van der Waals surface area contributed by atoms with Crippen LogP contribution >= 0.6 is 0 Å². The molecule has 0 bridgehead atoms. The number of aliphatic hydroxyl groups is 1. The average molecular weight is 527 g/mol. The zero-order chi connectivity index (χ0) is 26.8. The molecule has 1 atom stereocenters. The Kier molecular flexibility index (Phi) is 5.88. The number of nitrogens with one attached hydrogen (secondary N) is 1. The molecule has 1 aromatic heterocycles. The minimum Gasteiger partial charge on any atom is -0.390 e. The van der Waals surface area contributed by atoms with Crippen molar-refractivity contribution in [3.8, 4) is 0 Å². The molecular weight excluding hydrogens is 497 g/mol. The number of aliphatic hydroxyl groups excluding tert-OH is 1. The summed E-state index contributed by atoms with van der Waals surface area (Å²) in [6.07, 6.45) is 3.17. The zero-order valence-corrected chi connectivity index (χ0v) is 21.2. The van der Waals surface area contributed by atoms with Gasteiger partial charge in [0.1, 0.15) is 12.4 Å². The normalized spacial score (nSPS) is 19.7. The van der Waals surface area contributed by atoms with Gasteiger partial charge in [0.15, 0.2) is 5.82 Å². The smallest absolute Gasteiger partial charge is 0.298 e. The van der Waals surface area contributed by atoms with Crippen molar-refractivity contribution in [2.75, 3.05) is 30.0 Å². The molecule has 3 aliphatic rings. The molecule has 3 aromatic rings. The van der Waals surface area contributed by atoms with Crippen LogP contribution in [-0.2, 0) is 20.9 Å². The van der Waals surface area contributed by atoms with E-state index in [4.69, 9.17) is 9.84 Å². The molecular formula is C28H29F3N4O3. The van der Waals surface area contributed by atoms with E-state index >= 15 is 4.39 Å². The van der Waals surface area contributed by atoms with Gasteiger partial charge < -0.3 is 20.1 Å². The third-order valence-electron chi connectivity index (χ3n) is 8.18. The van der Waals surface area contributed by atoms with E-state index in [1.165, 1.54) is 12.1 Å². The van der Waals surface area contributed by atoms with E-state index in [-0.39, 0.29) is 17.5 Å². The fourth-order valence-corrected chi connectivity index (χ4v) is 5.89. The van der Waals surface area contributed by atoms with Gasteiger partial charge in [-0.05, 0) is 63.3 Å². The lowest BCUT2D eigenvalue weighted by atomic mass is 9.74. The van der Waals surface area contributed by atoms with E-state index in [2.05, 4.69) is 15.5 Å². The second-order valence-corrected chi connectivity index (χ2v) is 10.6. The highest BCUT2D eigenvalue weighted by Crippen LogP contribution is 2.52. The maximum atomic E-state index is 15.1. The number of alkyl halides is 2. The maximum Gasteiger partial charge on any atom is 0.298 e. The summed E-state index contributed by atoms with van der Waals surface area (Å²) in [6.45, 7) is 3.07. The Labute approximate surface area is 218 Å². The third-order valence-corrected chi connectivity index (χ3v) is 8.18. The van der Waals surface area contributed by atoms with Crippen LogP contribution in [0, 0.1) is 12.7 Å². The van der Waals surface area contributed by atoms with E-state index in [0.717, 1.165) is 40.9 Å². The molecule has 10 heteroatoms. The van der Waals surface area contributed by atoms with Crippen molar-refractivity contribution in [1.82, 2.24) is 10.2 Å². The molecule has 3 heterocycles. The molecule has 1 amide bonds. The first-order chi connectivity index (χ1) is 18.2. The minimum atomic E-state index is -3.70. The largest absolute Gasteiger partial charge is 0.390 e. The van der Waals surface area contributed by atoms with Crippen LogP contribution in [0.25, 0.3) is 10.8 Å². The van der Waals surface area contributed by atoms with Crippen molar-refractivity contribution >= 4 is 28.2 Å². The highest BCUT2D eigenvalue weighted by Gasteiger charge is 2.54. The van der Waals surface area contributed by atoms with Crippen molar-refractivity contribution in [1.29, 1.82) is 0 Å². The average Bonchev–Trinajstić information content (AvgIpc) is 3.72. The predicted molar refractivity (Wildman–Crippen MR) is 136 cm³/mol. The number of carbonyl (C=O) groups is 1. The lowest BCUT2D eigenvalue weighted by Gasteiger charge is -2.32. The minimum absolute atomic E-state index is 0.0169. The lowest BCUT2D eigenvalue weighted by Crippen LogP contribution is -2.44. The van der Waals surface area contributed by atoms with Crippen molar-refractivity contribution < 1.29 is 27.8 Å². The summed E-state index contributed by atoms with van der Waals surface area (Å²) in [5, 5.41) is 22.4. The number of hydrogen-bond donors (Lipinski definition) is 2. The van der Waals surface area contributed by atoms with Crippen LogP contribution in [0.15, 0.2) is 30.3 Å². The fraction of sp³-hybridized carbons (Fsp3) is 0.464. The Balaban J connectivity index is 1.44. The summed E-state index contributed by atoms with van der Waals surface area (Å²) < 4.78 is 49.0. The number of fused-ring (bicyclic) bond motifs is 3. The van der Waals surface area contributed by atoms with Gasteiger partial charge in [0, 0.05) is 41.3 Å². The van der Waals surface area contributed by atoms with E-state index < -0.39 is 35.4 Å². The van der Waals surface area contributed by atoms with Crippen LogP contribution in [0.1, 0.15) is 61.0 Å². The van der Waals surface area contributed by atoms with E-state index in [0.29, 0.717) is 37.6 Å². The SMILES string of the molecule is Cc1nnc(N[C@H](C)c2cccc(C(F)(F)CO)c2F)c2cc3c(cc12)C1(CCOCC1)C(=O)N3C1CC1. The van der Waals surface area contributed by atoms with Gasteiger partial charge in [-0.3, -0.25) is 4.79 Å². The molecule has 38 heavy (non-hydrogen) atoms. The first-order valence-electron chi connectivity index (χ1n) is 12.9. The Morgan fingerprint density at radius 1 is 1.21 bits per heavy atom. The summed E-state index contributed by atoms with van der Waals surface area (Å²) >= 11 is 0. The lowest BCUT2D eigenvalue weighted by molar-refractivity contribution is -0.126. The number of halogens is 3. The van der Waals surface area contributed by atoms with Gasteiger partial charge in [-0.25, -0.2) is 4.39 Å². The summed E-state index contributed by atoms with van der Waals surface area (Å²) in [4.78, 5) is 15.7. The van der Waals surface area contributed by atoms with Crippen molar-refractivity contribution in [2.45, 2.75) is 63.0 Å². The molecule has 1 aliphatic carbocycles. The number of ether oxygens (including phenoxy) is 1. The standard InChI is InChI=1S/C28H29F3N4O3/c1-15(18-4-3-5-21(24(18)29)28(30,31)14-36)32-25-20-13-23-22(12-19(20)16(2)33-34-25)27(8-10-38-11-9-27)26(37)35(23)17-6-7-17/h3-5,12-13,15,17,36H,6-11,14H2,1-2H3,(H,32,34)/t15-/m1/s1. The molecule has 1 saturated heterocycles. The number of anilines is 2. The number of aryl methyl sites for hydroxylation is 1. The number of carbonyl (C=O) groups excluding carboxylic acids is 1. The van der Waals surface area contributed by atoms with Gasteiger partial charge in [0.25, 0.3) is 5.92 Å².